The van der Waals surface area contributed by atoms with E-state index in [0.717, 1.165) is 14.0 Å². The first kappa shape index (κ1) is 32.4. The number of cyclic esters (lactones) is 1. The van der Waals surface area contributed by atoms with Crippen molar-refractivity contribution in [2.24, 2.45) is 34.0 Å². The number of hydrogen-bond acceptors (Lipinski definition) is 12. The fourth-order valence-electron chi connectivity index (χ4n) is 10.2. The van der Waals surface area contributed by atoms with Gasteiger partial charge >= 0.3 is 23.9 Å². The van der Waals surface area contributed by atoms with E-state index in [-0.39, 0.29) is 12.0 Å². The van der Waals surface area contributed by atoms with E-state index < -0.39 is 99.3 Å². The molecular formula is C34H42O12. The number of carbonyl (C=O) groups excluding carboxylic acids is 5. The summed E-state index contributed by atoms with van der Waals surface area (Å²) < 4.78 is 34.7. The zero-order valence-corrected chi connectivity index (χ0v) is 27.4. The molecule has 1 aromatic rings. The average molecular weight is 643 g/mol. The van der Waals surface area contributed by atoms with Gasteiger partial charge in [-0.3, -0.25) is 14.4 Å². The van der Waals surface area contributed by atoms with Gasteiger partial charge in [-0.25, -0.2) is 9.59 Å². The van der Waals surface area contributed by atoms with Crippen LogP contribution in [0.4, 0.5) is 0 Å². The number of furan rings is 1. The van der Waals surface area contributed by atoms with Gasteiger partial charge in [-0.15, -0.1) is 0 Å². The summed E-state index contributed by atoms with van der Waals surface area (Å²) in [5.41, 5.74) is -6.29. The fourth-order valence-corrected chi connectivity index (χ4v) is 10.2. The Morgan fingerprint density at radius 2 is 1.80 bits per heavy atom. The highest BCUT2D eigenvalue weighted by molar-refractivity contribution is 5.99. The molecule has 5 fully saturated rings. The van der Waals surface area contributed by atoms with Crippen LogP contribution in [0.5, 0.6) is 0 Å². The minimum absolute atomic E-state index is 0.0429. The van der Waals surface area contributed by atoms with Crippen molar-refractivity contribution in [3.05, 3.63) is 35.8 Å². The minimum Gasteiger partial charge on any atom is -0.472 e. The molecule has 1 spiro atoms. The molecule has 0 aromatic carbocycles. The molecule has 0 radical (unpaired) electrons. The summed E-state index contributed by atoms with van der Waals surface area (Å²) in [4.78, 5) is 67.6. The molecule has 5 aliphatic rings. The second-order valence-electron chi connectivity index (χ2n) is 14.7. The van der Waals surface area contributed by atoms with Crippen LogP contribution in [0.15, 0.2) is 34.7 Å². The van der Waals surface area contributed by atoms with E-state index >= 15 is 0 Å². The van der Waals surface area contributed by atoms with Crippen molar-refractivity contribution in [1.29, 1.82) is 0 Å². The van der Waals surface area contributed by atoms with Gasteiger partial charge in [-0.1, -0.05) is 33.8 Å². The number of allylic oxidation sites excluding steroid dienone is 1. The summed E-state index contributed by atoms with van der Waals surface area (Å²) in [6.45, 7) is 11.4. The van der Waals surface area contributed by atoms with E-state index in [0.29, 0.717) is 18.4 Å². The first-order valence-electron chi connectivity index (χ1n) is 15.7. The van der Waals surface area contributed by atoms with Gasteiger partial charge < -0.3 is 33.2 Å². The number of hydrogen-bond donors (Lipinski definition) is 1. The van der Waals surface area contributed by atoms with E-state index in [9.17, 15) is 29.1 Å². The van der Waals surface area contributed by atoms with Crippen molar-refractivity contribution in [2.75, 3.05) is 7.11 Å². The molecule has 46 heavy (non-hydrogen) atoms. The molecule has 2 saturated heterocycles. The lowest BCUT2D eigenvalue weighted by atomic mass is 9.36. The van der Waals surface area contributed by atoms with Crippen LogP contribution in [-0.4, -0.2) is 71.4 Å². The first-order valence-corrected chi connectivity index (χ1v) is 15.7. The number of fused-ring (bicyclic) bond motifs is 5. The normalized spacial score (nSPS) is 42.8. The van der Waals surface area contributed by atoms with Crippen LogP contribution in [0.25, 0.3) is 0 Å². The number of Topliss-reactive ketones (excluding diaryl/α,β-unsaturated/α-hetero) is 1. The van der Waals surface area contributed by atoms with E-state index in [1.807, 2.05) is 6.92 Å². The third-order valence-electron chi connectivity index (χ3n) is 12.1. The van der Waals surface area contributed by atoms with Crippen LogP contribution >= 0.6 is 0 Å². The molecule has 0 amide bonds. The van der Waals surface area contributed by atoms with Gasteiger partial charge in [0.25, 0.3) is 0 Å². The van der Waals surface area contributed by atoms with Gasteiger partial charge in [0.05, 0.1) is 26.1 Å². The largest absolute Gasteiger partial charge is 0.472 e. The molecule has 0 unspecified atom stereocenters. The highest BCUT2D eigenvalue weighted by atomic mass is 16.6. The van der Waals surface area contributed by atoms with Crippen molar-refractivity contribution >= 4 is 29.7 Å². The molecule has 1 aromatic heterocycles. The van der Waals surface area contributed by atoms with E-state index in [4.69, 9.17) is 28.1 Å². The molecule has 3 heterocycles. The van der Waals surface area contributed by atoms with Gasteiger partial charge in [0.2, 0.25) is 6.10 Å². The lowest BCUT2D eigenvalue weighted by Gasteiger charge is -2.67. The molecule has 12 heteroatoms. The number of methoxy groups -OCH3 is 1. The highest BCUT2D eigenvalue weighted by Gasteiger charge is 2.91. The van der Waals surface area contributed by atoms with Crippen LogP contribution in [0, 0.1) is 34.0 Å². The number of rotatable bonds is 6. The lowest BCUT2D eigenvalue weighted by Crippen LogP contribution is -2.81. The van der Waals surface area contributed by atoms with Crippen LogP contribution < -0.4 is 0 Å². The van der Waals surface area contributed by atoms with Crippen LogP contribution in [-0.2, 0) is 47.7 Å². The van der Waals surface area contributed by atoms with Gasteiger partial charge in [0, 0.05) is 52.1 Å². The highest BCUT2D eigenvalue weighted by Crippen LogP contribution is 2.78. The molecule has 2 aliphatic heterocycles. The molecular weight excluding hydrogens is 600 g/mol. The Balaban J connectivity index is 1.58. The Morgan fingerprint density at radius 3 is 2.39 bits per heavy atom. The van der Waals surface area contributed by atoms with Gasteiger partial charge in [0.1, 0.15) is 23.9 Å². The molecule has 3 aliphatic carbocycles. The second kappa shape index (κ2) is 10.2. The maximum Gasteiger partial charge on any atom is 0.347 e. The van der Waals surface area contributed by atoms with Crippen molar-refractivity contribution in [2.45, 2.75) is 103 Å². The zero-order valence-electron chi connectivity index (χ0n) is 27.4. The number of esters is 4. The predicted molar refractivity (Wildman–Crippen MR) is 156 cm³/mol. The standard InChI is InChI=1S/C34H42O12/c1-9-16(2)25(37)45-28-30(4,5)23(22(26(38)41-8)43-17(3)35)32(7)19-10-12-31(6)20(34(19)29(46-34)33(28,40)27(32)39)14-21(36)44-24(31)18-11-13-42-15-18/h9,11,13,15,19-20,22-24,28-29,40H,10,12,14H2,1-8H3/b16-9+/t19-,20-,22-,23+,24+,28+,29-,31-,32-,33+,34-/m1/s1. The summed E-state index contributed by atoms with van der Waals surface area (Å²) in [7, 11) is 1.15. The second-order valence-corrected chi connectivity index (χ2v) is 14.7. The summed E-state index contributed by atoms with van der Waals surface area (Å²) >= 11 is 0. The summed E-state index contributed by atoms with van der Waals surface area (Å²) in [6, 6.07) is 1.74. The Labute approximate surface area is 267 Å². The number of aliphatic hydroxyl groups is 1. The number of ether oxygens (including phenoxy) is 5. The van der Waals surface area contributed by atoms with Crippen molar-refractivity contribution in [1.82, 2.24) is 0 Å². The van der Waals surface area contributed by atoms with Gasteiger partial charge in [0.15, 0.2) is 11.4 Å². The summed E-state index contributed by atoms with van der Waals surface area (Å²) in [5, 5.41) is 12.8. The molecule has 2 bridgehead atoms. The summed E-state index contributed by atoms with van der Waals surface area (Å²) in [6.07, 6.45) is 0.521. The van der Waals surface area contributed by atoms with Crippen LogP contribution in [0.1, 0.15) is 79.4 Å². The SMILES string of the molecule is C/C=C(\C)C(=O)O[C@H]1C(C)(C)[C@H]([C@@H](OC(C)=O)C(=O)OC)[C@]2(C)C(=O)[C@@]1(O)[C@H]1O[C@]13[C@@H]1CC(=O)O[C@@H](c4ccoc4)[C@]1(C)CC[C@H]23. The number of carbonyl (C=O) groups is 5. The van der Waals surface area contributed by atoms with E-state index in [2.05, 4.69) is 0 Å². The molecule has 11 atom stereocenters. The number of ketones is 1. The molecule has 6 rings (SSSR count). The van der Waals surface area contributed by atoms with Gasteiger partial charge in [-0.2, -0.15) is 0 Å². The average Bonchev–Trinajstić information content (AvgIpc) is 3.49. The Hall–Kier alpha value is -3.51. The molecule has 250 valence electrons. The minimum atomic E-state index is -2.36. The molecule has 3 saturated carbocycles. The zero-order chi connectivity index (χ0) is 33.8. The van der Waals surface area contributed by atoms with Crippen molar-refractivity contribution in [3.63, 3.8) is 0 Å². The van der Waals surface area contributed by atoms with E-state index in [1.165, 1.54) is 12.5 Å². The fraction of sp³-hybridized carbons (Fsp3) is 0.676. The third-order valence-corrected chi connectivity index (χ3v) is 12.1. The Bertz CT molecular complexity index is 1530. The van der Waals surface area contributed by atoms with Crippen molar-refractivity contribution in [3.8, 4) is 0 Å². The maximum absolute atomic E-state index is 15.0. The van der Waals surface area contributed by atoms with E-state index in [1.54, 1.807) is 46.8 Å². The number of epoxide rings is 1. The van der Waals surface area contributed by atoms with Crippen molar-refractivity contribution < 1.29 is 57.2 Å². The smallest absolute Gasteiger partial charge is 0.347 e. The van der Waals surface area contributed by atoms with Crippen LogP contribution in [0.2, 0.25) is 0 Å². The monoisotopic (exact) mass is 642 g/mol. The quantitative estimate of drug-likeness (QED) is 0.208. The summed E-state index contributed by atoms with van der Waals surface area (Å²) in [5.74, 6) is -5.86. The predicted octanol–water partition coefficient (Wildman–Crippen LogP) is 3.40. The topological polar surface area (TPSA) is 168 Å². The maximum atomic E-state index is 15.0. The Kier molecular flexibility index (Phi) is 7.22. The Morgan fingerprint density at radius 1 is 1.11 bits per heavy atom. The third kappa shape index (κ3) is 3.95. The molecule has 12 nitrogen and oxygen atoms in total. The van der Waals surface area contributed by atoms with Crippen LogP contribution in [0.3, 0.4) is 0 Å². The van der Waals surface area contributed by atoms with Gasteiger partial charge in [-0.05, 0) is 32.8 Å². The first-order chi connectivity index (χ1) is 21.5. The lowest BCUT2D eigenvalue weighted by molar-refractivity contribution is -0.261. The molecule has 1 N–H and O–H groups in total.